The van der Waals surface area contributed by atoms with Gasteiger partial charge in [0.05, 0.1) is 16.9 Å². The Morgan fingerprint density at radius 2 is 1.61 bits per heavy atom. The highest BCUT2D eigenvalue weighted by Crippen LogP contribution is 2.21. The third-order valence-electron chi connectivity index (χ3n) is 4.57. The van der Waals surface area contributed by atoms with Gasteiger partial charge in [-0.3, -0.25) is 4.79 Å². The molecule has 0 unspecified atom stereocenters. The summed E-state index contributed by atoms with van der Waals surface area (Å²) in [5.74, 6) is -0.471. The maximum absolute atomic E-state index is 12.9. The Balaban J connectivity index is 1.75. The second kappa shape index (κ2) is 8.89. The Morgan fingerprint density at radius 1 is 0.964 bits per heavy atom. The third-order valence-corrected chi connectivity index (χ3v) is 6.25. The van der Waals surface area contributed by atoms with Gasteiger partial charge in [0.15, 0.2) is 15.6 Å². The van der Waals surface area contributed by atoms with Gasteiger partial charge in [0, 0.05) is 18.7 Å². The van der Waals surface area contributed by atoms with Crippen LogP contribution in [-0.2, 0) is 22.0 Å². The van der Waals surface area contributed by atoms with Gasteiger partial charge in [0.25, 0.3) is 5.91 Å². The molecule has 0 aliphatic rings. The van der Waals surface area contributed by atoms with Gasteiger partial charge in [0.1, 0.15) is 0 Å². The Bertz CT molecular complexity index is 1010. The van der Waals surface area contributed by atoms with Gasteiger partial charge >= 0.3 is 0 Å². The van der Waals surface area contributed by atoms with E-state index in [0.717, 1.165) is 12.0 Å². The molecule has 28 heavy (non-hydrogen) atoms. The molecule has 0 saturated carbocycles. The zero-order valence-corrected chi connectivity index (χ0v) is 16.6. The minimum atomic E-state index is -3.56. The highest BCUT2D eigenvalue weighted by molar-refractivity contribution is 7.90. The lowest BCUT2D eigenvalue weighted by Gasteiger charge is -2.20. The van der Waals surface area contributed by atoms with Crippen molar-refractivity contribution in [2.75, 3.05) is 13.1 Å². The average molecular weight is 397 g/mol. The number of benzene rings is 2. The largest absolute Gasteiger partial charge is 0.459 e. The van der Waals surface area contributed by atoms with Gasteiger partial charge in [-0.25, -0.2) is 8.42 Å². The molecule has 0 aliphatic heterocycles. The Kier molecular flexibility index (Phi) is 6.31. The normalized spacial score (nSPS) is 11.3. The third kappa shape index (κ3) is 4.70. The van der Waals surface area contributed by atoms with Crippen LogP contribution in [0.4, 0.5) is 0 Å². The van der Waals surface area contributed by atoms with Crippen LogP contribution in [0.1, 0.15) is 28.6 Å². The summed E-state index contributed by atoms with van der Waals surface area (Å²) in [5.41, 5.74) is 1.52. The summed E-state index contributed by atoms with van der Waals surface area (Å²) >= 11 is 0. The number of hydrogen-bond donors (Lipinski definition) is 0. The van der Waals surface area contributed by atoms with Crippen LogP contribution in [0.3, 0.4) is 0 Å². The van der Waals surface area contributed by atoms with Crippen LogP contribution in [-0.4, -0.2) is 32.3 Å². The second-order valence-electron chi connectivity index (χ2n) is 6.47. The van der Waals surface area contributed by atoms with E-state index in [2.05, 4.69) is 0 Å². The monoisotopic (exact) mass is 397 g/mol. The topological polar surface area (TPSA) is 67.6 Å². The van der Waals surface area contributed by atoms with E-state index in [1.807, 2.05) is 37.3 Å². The molecule has 6 heteroatoms. The van der Waals surface area contributed by atoms with E-state index in [1.54, 1.807) is 41.3 Å². The van der Waals surface area contributed by atoms with Crippen LogP contribution in [0.25, 0.3) is 0 Å². The summed E-state index contributed by atoms with van der Waals surface area (Å²) < 4.78 is 30.7. The smallest absolute Gasteiger partial charge is 0.289 e. The van der Waals surface area contributed by atoms with Crippen molar-refractivity contribution in [2.24, 2.45) is 0 Å². The van der Waals surface area contributed by atoms with Crippen LogP contribution >= 0.6 is 0 Å². The number of amides is 1. The summed E-state index contributed by atoms with van der Waals surface area (Å²) in [6.45, 7) is 2.94. The van der Waals surface area contributed by atoms with Crippen LogP contribution in [0, 0.1) is 0 Å². The second-order valence-corrected chi connectivity index (χ2v) is 8.46. The molecule has 3 aromatic rings. The molecular weight excluding hydrogens is 374 g/mol. The molecule has 0 bridgehead atoms. The van der Waals surface area contributed by atoms with Crippen molar-refractivity contribution in [3.8, 4) is 0 Å². The maximum atomic E-state index is 12.9. The first-order valence-electron chi connectivity index (χ1n) is 9.18. The fourth-order valence-electron chi connectivity index (χ4n) is 3.01. The van der Waals surface area contributed by atoms with Crippen LogP contribution in [0.2, 0.25) is 0 Å². The molecule has 0 aliphatic carbocycles. The highest BCUT2D eigenvalue weighted by Gasteiger charge is 2.25. The fourth-order valence-corrected chi connectivity index (χ4v) is 4.38. The Morgan fingerprint density at radius 3 is 2.25 bits per heavy atom. The molecular formula is C22H23NO4S. The minimum Gasteiger partial charge on any atom is -0.459 e. The van der Waals surface area contributed by atoms with Crippen molar-refractivity contribution in [1.29, 1.82) is 0 Å². The number of sulfone groups is 1. The summed E-state index contributed by atoms with van der Waals surface area (Å²) in [6, 6.07) is 19.7. The lowest BCUT2D eigenvalue weighted by Crippen LogP contribution is -2.33. The van der Waals surface area contributed by atoms with E-state index in [-0.39, 0.29) is 22.3 Å². The quantitative estimate of drug-likeness (QED) is 0.577. The number of hydrogen-bond acceptors (Lipinski definition) is 4. The molecule has 146 valence electrons. The molecule has 0 radical (unpaired) electrons. The van der Waals surface area contributed by atoms with E-state index in [1.165, 1.54) is 6.26 Å². The van der Waals surface area contributed by atoms with Crippen LogP contribution < -0.4 is 0 Å². The van der Waals surface area contributed by atoms with Crippen molar-refractivity contribution in [1.82, 2.24) is 4.90 Å². The molecule has 1 amide bonds. The van der Waals surface area contributed by atoms with Crippen molar-refractivity contribution in [3.63, 3.8) is 0 Å². The molecule has 1 heterocycles. The zero-order chi connectivity index (χ0) is 20.0. The van der Waals surface area contributed by atoms with E-state index in [4.69, 9.17) is 4.42 Å². The first-order chi connectivity index (χ1) is 13.5. The molecule has 0 N–H and O–H groups in total. The minimum absolute atomic E-state index is 0.0921. The van der Waals surface area contributed by atoms with Crippen LogP contribution in [0.5, 0.6) is 0 Å². The van der Waals surface area contributed by atoms with E-state index < -0.39 is 9.84 Å². The van der Waals surface area contributed by atoms with Gasteiger partial charge in [-0.1, -0.05) is 48.5 Å². The van der Waals surface area contributed by atoms with Crippen molar-refractivity contribution in [3.05, 3.63) is 89.9 Å². The van der Waals surface area contributed by atoms with Gasteiger partial charge in [0.2, 0.25) is 0 Å². The first-order valence-corrected chi connectivity index (χ1v) is 10.8. The standard InChI is InChI=1S/C22H23NO4S/c1-2-23(15-13-18-9-5-3-6-10-18)22(24)21-19(14-16-27-21)17-28(25,26)20-11-7-4-8-12-20/h3-12,14,16H,2,13,15,17H2,1H3. The molecule has 0 spiro atoms. The maximum Gasteiger partial charge on any atom is 0.289 e. The number of nitrogens with zero attached hydrogens (tertiary/aromatic N) is 1. The van der Waals surface area contributed by atoms with Gasteiger partial charge in [-0.2, -0.15) is 0 Å². The molecule has 2 aromatic carbocycles. The molecule has 0 fully saturated rings. The van der Waals surface area contributed by atoms with Gasteiger partial charge < -0.3 is 9.32 Å². The van der Waals surface area contributed by atoms with Gasteiger partial charge in [-0.15, -0.1) is 0 Å². The fraction of sp³-hybridized carbons (Fsp3) is 0.227. The lowest BCUT2D eigenvalue weighted by molar-refractivity contribution is 0.0733. The Hall–Kier alpha value is -2.86. The highest BCUT2D eigenvalue weighted by atomic mass is 32.2. The zero-order valence-electron chi connectivity index (χ0n) is 15.7. The van der Waals surface area contributed by atoms with Gasteiger partial charge in [-0.05, 0) is 37.1 Å². The first kappa shape index (κ1) is 19.9. The summed E-state index contributed by atoms with van der Waals surface area (Å²) in [4.78, 5) is 14.8. The molecule has 5 nitrogen and oxygen atoms in total. The summed E-state index contributed by atoms with van der Waals surface area (Å²) in [6.07, 6.45) is 2.09. The average Bonchev–Trinajstić information content (AvgIpc) is 3.17. The molecule has 1 aromatic heterocycles. The van der Waals surface area contributed by atoms with E-state index in [9.17, 15) is 13.2 Å². The number of rotatable bonds is 8. The predicted octanol–water partition coefficient (Wildman–Crippen LogP) is 3.96. The Labute approximate surface area is 165 Å². The van der Waals surface area contributed by atoms with E-state index in [0.29, 0.717) is 18.7 Å². The summed E-state index contributed by atoms with van der Waals surface area (Å²) in [5, 5.41) is 0. The predicted molar refractivity (Wildman–Crippen MR) is 108 cm³/mol. The molecule has 0 atom stereocenters. The van der Waals surface area contributed by atoms with Crippen LogP contribution in [0.15, 0.2) is 82.3 Å². The van der Waals surface area contributed by atoms with Crippen molar-refractivity contribution in [2.45, 2.75) is 24.0 Å². The van der Waals surface area contributed by atoms with Crippen molar-refractivity contribution >= 4 is 15.7 Å². The van der Waals surface area contributed by atoms with E-state index >= 15 is 0 Å². The molecule has 0 saturated heterocycles. The summed E-state index contributed by atoms with van der Waals surface area (Å²) in [7, 11) is -3.56. The lowest BCUT2D eigenvalue weighted by atomic mass is 10.1. The van der Waals surface area contributed by atoms with Crippen molar-refractivity contribution < 1.29 is 17.6 Å². The number of furan rings is 1. The number of carbonyl (C=O) groups excluding carboxylic acids is 1. The SMILES string of the molecule is CCN(CCc1ccccc1)C(=O)c1occc1CS(=O)(=O)c1ccccc1. The number of likely N-dealkylation sites (N-methyl/N-ethyl adjacent to an activating group) is 1. The molecule has 3 rings (SSSR count). The number of carbonyl (C=O) groups is 1.